The maximum absolute atomic E-state index is 12.6. The maximum atomic E-state index is 12.6. The summed E-state index contributed by atoms with van der Waals surface area (Å²) in [6, 6.07) is 14.3. The number of amides is 1. The fraction of sp³-hybridized carbons (Fsp3) is 0.278. The monoisotopic (exact) mass is 360 g/mol. The first-order valence-electron chi connectivity index (χ1n) is 7.95. The Kier molecular flexibility index (Phi) is 4.67. The molecular weight excluding hydrogens is 340 g/mol. The van der Waals surface area contributed by atoms with Crippen LogP contribution in [0.1, 0.15) is 12.0 Å². The molecule has 0 aromatic heterocycles. The van der Waals surface area contributed by atoms with Crippen LogP contribution in [0.2, 0.25) is 0 Å². The maximum Gasteiger partial charge on any atom is 0.265 e. The smallest absolute Gasteiger partial charge is 0.265 e. The third kappa shape index (κ3) is 3.93. The number of nitrogens with zero attached hydrogens (tertiary/aromatic N) is 1. The second-order valence-corrected chi connectivity index (χ2v) is 7.96. The Morgan fingerprint density at radius 2 is 1.96 bits per heavy atom. The summed E-state index contributed by atoms with van der Waals surface area (Å²) >= 11 is 0. The topological polar surface area (TPSA) is 75.7 Å². The van der Waals surface area contributed by atoms with E-state index in [2.05, 4.69) is 5.32 Å². The number of para-hydroxylation sites is 2. The number of nitrogens with one attached hydrogen (secondary N) is 1. The van der Waals surface area contributed by atoms with Crippen molar-refractivity contribution in [1.82, 2.24) is 0 Å². The minimum absolute atomic E-state index is 0.182. The van der Waals surface area contributed by atoms with Crippen LogP contribution in [0.3, 0.4) is 0 Å². The van der Waals surface area contributed by atoms with Gasteiger partial charge in [0.2, 0.25) is 10.0 Å². The van der Waals surface area contributed by atoms with Crippen LogP contribution >= 0.6 is 0 Å². The summed E-state index contributed by atoms with van der Waals surface area (Å²) in [5.41, 5.74) is 2.18. The van der Waals surface area contributed by atoms with Crippen LogP contribution in [-0.4, -0.2) is 33.2 Å². The molecule has 7 heteroatoms. The molecule has 25 heavy (non-hydrogen) atoms. The Bertz CT molecular complexity index is 895. The van der Waals surface area contributed by atoms with Crippen molar-refractivity contribution in [3.05, 3.63) is 54.1 Å². The van der Waals surface area contributed by atoms with Gasteiger partial charge in [-0.2, -0.15) is 0 Å². The molecule has 0 saturated carbocycles. The van der Waals surface area contributed by atoms with Gasteiger partial charge >= 0.3 is 0 Å². The Morgan fingerprint density at radius 3 is 2.68 bits per heavy atom. The van der Waals surface area contributed by atoms with Gasteiger partial charge < -0.3 is 10.1 Å². The number of anilines is 2. The second-order valence-electron chi connectivity index (χ2n) is 6.06. The Morgan fingerprint density at radius 1 is 1.20 bits per heavy atom. The quantitative estimate of drug-likeness (QED) is 0.913. The van der Waals surface area contributed by atoms with Crippen LogP contribution in [0.4, 0.5) is 11.4 Å². The summed E-state index contributed by atoms with van der Waals surface area (Å²) in [6.07, 6.45) is 0.643. The highest BCUT2D eigenvalue weighted by molar-refractivity contribution is 7.92. The lowest BCUT2D eigenvalue weighted by atomic mass is 10.2. The standard InChI is InChI=1S/C18H20N2O4S/c1-13-6-5-7-14(12-13)19-18(21)17-10-11-20(25(2,22)23)15-8-3-4-9-16(15)24-17/h3-9,12,17H,10-11H2,1-2H3,(H,19,21)/t17-/m1/s1. The molecule has 0 radical (unpaired) electrons. The average Bonchev–Trinajstić information content (AvgIpc) is 2.74. The fourth-order valence-corrected chi connectivity index (χ4v) is 3.75. The van der Waals surface area contributed by atoms with E-state index in [-0.39, 0.29) is 18.9 Å². The third-order valence-corrected chi connectivity index (χ3v) is 5.16. The molecule has 0 spiro atoms. The lowest BCUT2D eigenvalue weighted by Crippen LogP contribution is -2.35. The van der Waals surface area contributed by atoms with Crippen LogP contribution in [0.15, 0.2) is 48.5 Å². The molecule has 1 aliphatic heterocycles. The number of carbonyl (C=O) groups excluding carboxylic acids is 1. The predicted molar refractivity (Wildman–Crippen MR) is 97.5 cm³/mol. The van der Waals surface area contributed by atoms with Crippen LogP contribution in [0, 0.1) is 6.92 Å². The van der Waals surface area contributed by atoms with E-state index in [0.29, 0.717) is 17.1 Å². The van der Waals surface area contributed by atoms with Crippen molar-refractivity contribution in [1.29, 1.82) is 0 Å². The first kappa shape index (κ1) is 17.3. The normalized spacial score (nSPS) is 17.2. The number of benzene rings is 2. The van der Waals surface area contributed by atoms with E-state index in [9.17, 15) is 13.2 Å². The van der Waals surface area contributed by atoms with Crippen molar-refractivity contribution in [3.63, 3.8) is 0 Å². The minimum atomic E-state index is -3.45. The van der Waals surface area contributed by atoms with Crippen LogP contribution < -0.4 is 14.4 Å². The molecule has 3 rings (SSSR count). The Labute approximate surface area is 147 Å². The number of hydrogen-bond acceptors (Lipinski definition) is 4. The molecule has 0 saturated heterocycles. The molecule has 6 nitrogen and oxygen atoms in total. The summed E-state index contributed by atoms with van der Waals surface area (Å²) in [6.45, 7) is 2.12. The van der Waals surface area contributed by atoms with Crippen LogP contribution in [0.5, 0.6) is 5.75 Å². The van der Waals surface area contributed by atoms with Gasteiger partial charge in [-0.05, 0) is 36.8 Å². The molecule has 1 N–H and O–H groups in total. The molecule has 0 unspecified atom stereocenters. The average molecular weight is 360 g/mol. The number of aryl methyl sites for hydroxylation is 1. The van der Waals surface area contributed by atoms with Gasteiger partial charge in [0.05, 0.1) is 11.9 Å². The van der Waals surface area contributed by atoms with E-state index >= 15 is 0 Å². The minimum Gasteiger partial charge on any atom is -0.478 e. The van der Waals surface area contributed by atoms with Crippen LogP contribution in [-0.2, 0) is 14.8 Å². The van der Waals surface area contributed by atoms with Crippen molar-refractivity contribution in [3.8, 4) is 5.75 Å². The first-order chi connectivity index (χ1) is 11.8. The van der Waals surface area contributed by atoms with Crippen molar-refractivity contribution in [2.24, 2.45) is 0 Å². The van der Waals surface area contributed by atoms with Crippen molar-refractivity contribution < 1.29 is 17.9 Å². The number of sulfonamides is 1. The molecule has 1 atom stereocenters. The van der Waals surface area contributed by atoms with Gasteiger partial charge in [-0.15, -0.1) is 0 Å². The SMILES string of the molecule is Cc1cccc(NC(=O)[C@H]2CCN(S(C)(=O)=O)c3ccccc3O2)c1. The van der Waals surface area contributed by atoms with Gasteiger partial charge in [-0.3, -0.25) is 9.10 Å². The molecule has 132 valence electrons. The molecule has 0 fully saturated rings. The van der Waals surface area contributed by atoms with Crippen molar-refractivity contribution in [2.45, 2.75) is 19.4 Å². The highest BCUT2D eigenvalue weighted by Gasteiger charge is 2.31. The van der Waals surface area contributed by atoms with E-state index in [1.807, 2.05) is 25.1 Å². The second kappa shape index (κ2) is 6.76. The van der Waals surface area contributed by atoms with E-state index in [4.69, 9.17) is 4.74 Å². The molecule has 1 aliphatic rings. The van der Waals surface area contributed by atoms with Crippen molar-refractivity contribution in [2.75, 3.05) is 22.4 Å². The van der Waals surface area contributed by atoms with Gasteiger partial charge in [-0.25, -0.2) is 8.42 Å². The molecule has 1 heterocycles. The number of rotatable bonds is 3. The molecule has 2 aromatic carbocycles. The molecule has 0 aliphatic carbocycles. The highest BCUT2D eigenvalue weighted by Crippen LogP contribution is 2.34. The molecule has 1 amide bonds. The highest BCUT2D eigenvalue weighted by atomic mass is 32.2. The lowest BCUT2D eigenvalue weighted by molar-refractivity contribution is -0.122. The largest absolute Gasteiger partial charge is 0.478 e. The van der Waals surface area contributed by atoms with E-state index in [1.165, 1.54) is 4.31 Å². The zero-order chi connectivity index (χ0) is 18.0. The molecule has 2 aromatic rings. The lowest BCUT2D eigenvalue weighted by Gasteiger charge is -2.20. The number of fused-ring (bicyclic) bond motifs is 1. The Balaban J connectivity index is 1.85. The van der Waals surface area contributed by atoms with Gasteiger partial charge in [0.25, 0.3) is 5.91 Å². The summed E-state index contributed by atoms with van der Waals surface area (Å²) < 4.78 is 31.3. The zero-order valence-electron chi connectivity index (χ0n) is 14.1. The van der Waals surface area contributed by atoms with E-state index < -0.39 is 16.1 Å². The van der Waals surface area contributed by atoms with E-state index in [1.54, 1.807) is 30.3 Å². The molecule has 0 bridgehead atoms. The summed E-state index contributed by atoms with van der Waals surface area (Å²) in [5.74, 6) is 0.0885. The van der Waals surface area contributed by atoms with Gasteiger partial charge in [0.15, 0.2) is 6.10 Å². The summed E-state index contributed by atoms with van der Waals surface area (Å²) in [5, 5.41) is 2.83. The van der Waals surface area contributed by atoms with Gasteiger partial charge in [-0.1, -0.05) is 24.3 Å². The van der Waals surface area contributed by atoms with Crippen LogP contribution in [0.25, 0.3) is 0 Å². The predicted octanol–water partition coefficient (Wildman–Crippen LogP) is 2.55. The van der Waals surface area contributed by atoms with Crippen molar-refractivity contribution >= 4 is 27.3 Å². The summed E-state index contributed by atoms with van der Waals surface area (Å²) in [4.78, 5) is 12.6. The summed E-state index contributed by atoms with van der Waals surface area (Å²) in [7, 11) is -3.45. The molecular formula is C18H20N2O4S. The zero-order valence-corrected chi connectivity index (χ0v) is 14.9. The third-order valence-electron chi connectivity index (χ3n) is 3.98. The Hall–Kier alpha value is -2.54. The number of hydrogen-bond donors (Lipinski definition) is 1. The van der Waals surface area contributed by atoms with Gasteiger partial charge in [0, 0.05) is 18.7 Å². The number of ether oxygens (including phenoxy) is 1. The first-order valence-corrected chi connectivity index (χ1v) is 9.80. The van der Waals surface area contributed by atoms with Gasteiger partial charge in [0.1, 0.15) is 5.75 Å². The van der Waals surface area contributed by atoms with E-state index in [0.717, 1.165) is 11.8 Å². The number of carbonyl (C=O) groups is 1. The fourth-order valence-electron chi connectivity index (χ4n) is 2.80.